The normalized spacial score (nSPS) is 14.9. The second-order valence-electron chi connectivity index (χ2n) is 3.88. The van der Waals surface area contributed by atoms with Crippen LogP contribution in [-0.4, -0.2) is 10.2 Å². The fourth-order valence-corrected chi connectivity index (χ4v) is 2.66. The lowest BCUT2D eigenvalue weighted by Gasteiger charge is -2.20. The summed E-state index contributed by atoms with van der Waals surface area (Å²) in [6.45, 7) is 4.36. The molecule has 0 saturated carbocycles. The van der Waals surface area contributed by atoms with Gasteiger partial charge in [0.05, 0.1) is 5.69 Å². The van der Waals surface area contributed by atoms with Gasteiger partial charge in [0.25, 0.3) is 0 Å². The second kappa shape index (κ2) is 5.27. The molecule has 2 aromatic rings. The van der Waals surface area contributed by atoms with Crippen molar-refractivity contribution in [3.63, 3.8) is 0 Å². The Morgan fingerprint density at radius 1 is 1.50 bits per heavy atom. The zero-order valence-electron chi connectivity index (χ0n) is 9.60. The third kappa shape index (κ3) is 2.51. The lowest BCUT2D eigenvalue weighted by atomic mass is 10.1. The average Bonchev–Trinajstić information content (AvgIpc) is 2.96. The Hall–Kier alpha value is -1.13. The average molecular weight is 235 g/mol. The van der Waals surface area contributed by atoms with Gasteiger partial charge < -0.3 is 5.32 Å². The topological polar surface area (TPSA) is 40.7 Å². The molecule has 2 aromatic heterocycles. The van der Waals surface area contributed by atoms with E-state index in [1.54, 1.807) is 17.5 Å². The number of nitrogens with zero attached hydrogens (tertiary/aromatic N) is 1. The molecule has 0 fully saturated rings. The Bertz CT molecular complexity index is 394. The summed E-state index contributed by atoms with van der Waals surface area (Å²) in [5.41, 5.74) is 1.13. The Morgan fingerprint density at radius 2 is 2.38 bits per heavy atom. The number of nitrogens with one attached hydrogen (secondary N) is 2. The number of aromatic nitrogens is 2. The zero-order chi connectivity index (χ0) is 11.4. The minimum Gasteiger partial charge on any atom is -0.301 e. The highest BCUT2D eigenvalue weighted by molar-refractivity contribution is 7.10. The van der Waals surface area contributed by atoms with E-state index in [1.165, 1.54) is 4.88 Å². The van der Waals surface area contributed by atoms with Crippen LogP contribution in [0.4, 0.5) is 0 Å². The van der Waals surface area contributed by atoms with Gasteiger partial charge in [-0.2, -0.15) is 5.10 Å². The number of H-pyrrole nitrogens is 1. The Kier molecular flexibility index (Phi) is 3.74. The summed E-state index contributed by atoms with van der Waals surface area (Å²) >= 11 is 1.81. The number of thiophene rings is 1. The molecular formula is C12H17N3S. The summed E-state index contributed by atoms with van der Waals surface area (Å²) in [4.78, 5) is 1.40. The Balaban J connectivity index is 2.02. The van der Waals surface area contributed by atoms with E-state index in [4.69, 9.17) is 0 Å². The number of aromatic amines is 1. The highest BCUT2D eigenvalue weighted by Crippen LogP contribution is 2.24. The van der Waals surface area contributed by atoms with Crippen LogP contribution in [0.1, 0.15) is 42.9 Å². The highest BCUT2D eigenvalue weighted by Gasteiger charge is 2.14. The van der Waals surface area contributed by atoms with E-state index in [-0.39, 0.29) is 0 Å². The van der Waals surface area contributed by atoms with Gasteiger partial charge in [0.1, 0.15) is 0 Å². The monoisotopic (exact) mass is 235 g/mol. The van der Waals surface area contributed by atoms with Crippen molar-refractivity contribution in [1.82, 2.24) is 15.5 Å². The number of hydrogen-bond acceptors (Lipinski definition) is 3. The van der Waals surface area contributed by atoms with Crippen molar-refractivity contribution >= 4 is 11.3 Å². The first kappa shape index (κ1) is 11.4. The largest absolute Gasteiger partial charge is 0.301 e. The fraction of sp³-hybridized carbons (Fsp3) is 0.417. The van der Waals surface area contributed by atoms with Crippen molar-refractivity contribution in [3.05, 3.63) is 40.3 Å². The van der Waals surface area contributed by atoms with Crippen molar-refractivity contribution < 1.29 is 0 Å². The standard InChI is InChI=1S/C12H17N3S/c1-3-10(12-5-4-8-16-12)14-9(2)11-6-7-13-15-11/h4-10,14H,3H2,1-2H3,(H,13,15). The van der Waals surface area contributed by atoms with Crippen LogP contribution in [0.15, 0.2) is 29.8 Å². The molecule has 0 aliphatic carbocycles. The van der Waals surface area contributed by atoms with Crippen molar-refractivity contribution in [2.75, 3.05) is 0 Å². The van der Waals surface area contributed by atoms with Crippen LogP contribution in [0.5, 0.6) is 0 Å². The molecule has 0 bridgehead atoms. The predicted molar refractivity (Wildman–Crippen MR) is 67.5 cm³/mol. The summed E-state index contributed by atoms with van der Waals surface area (Å²) in [5.74, 6) is 0. The molecule has 4 heteroatoms. The van der Waals surface area contributed by atoms with E-state index in [0.717, 1.165) is 12.1 Å². The zero-order valence-corrected chi connectivity index (χ0v) is 10.4. The third-order valence-electron chi connectivity index (χ3n) is 2.73. The third-order valence-corrected chi connectivity index (χ3v) is 3.72. The molecular weight excluding hydrogens is 218 g/mol. The molecule has 0 saturated heterocycles. The first-order valence-electron chi connectivity index (χ1n) is 5.60. The molecule has 2 rings (SSSR count). The van der Waals surface area contributed by atoms with Gasteiger partial charge in [-0.1, -0.05) is 13.0 Å². The lowest BCUT2D eigenvalue weighted by molar-refractivity contribution is 0.455. The van der Waals surface area contributed by atoms with Crippen molar-refractivity contribution in [2.45, 2.75) is 32.4 Å². The summed E-state index contributed by atoms with van der Waals surface area (Å²) in [5, 5.41) is 12.7. The molecule has 0 aromatic carbocycles. The van der Waals surface area contributed by atoms with Gasteiger partial charge in [-0.05, 0) is 30.9 Å². The van der Waals surface area contributed by atoms with Crippen molar-refractivity contribution in [2.24, 2.45) is 0 Å². The maximum absolute atomic E-state index is 3.98. The molecule has 0 spiro atoms. The summed E-state index contributed by atoms with van der Waals surface area (Å²) in [6.07, 6.45) is 2.89. The summed E-state index contributed by atoms with van der Waals surface area (Å²) in [6, 6.07) is 7.03. The van der Waals surface area contributed by atoms with Gasteiger partial charge in [0, 0.05) is 23.2 Å². The van der Waals surface area contributed by atoms with Gasteiger partial charge in [-0.3, -0.25) is 5.10 Å². The first-order chi connectivity index (χ1) is 7.81. The molecule has 2 unspecified atom stereocenters. The molecule has 0 aliphatic heterocycles. The van der Waals surface area contributed by atoms with Crippen LogP contribution in [-0.2, 0) is 0 Å². The molecule has 3 nitrogen and oxygen atoms in total. The minimum absolute atomic E-state index is 0.301. The minimum atomic E-state index is 0.301. The fourth-order valence-electron chi connectivity index (χ4n) is 1.79. The smallest absolute Gasteiger partial charge is 0.0518 e. The van der Waals surface area contributed by atoms with Crippen LogP contribution in [0.2, 0.25) is 0 Å². The molecule has 2 atom stereocenters. The van der Waals surface area contributed by atoms with Crippen LogP contribution < -0.4 is 5.32 Å². The van der Waals surface area contributed by atoms with Crippen LogP contribution >= 0.6 is 11.3 Å². The molecule has 86 valence electrons. The Morgan fingerprint density at radius 3 is 2.94 bits per heavy atom. The highest BCUT2D eigenvalue weighted by atomic mass is 32.1. The quantitative estimate of drug-likeness (QED) is 0.835. The molecule has 2 heterocycles. The maximum Gasteiger partial charge on any atom is 0.0518 e. The van der Waals surface area contributed by atoms with Gasteiger partial charge in [0.2, 0.25) is 0 Å². The molecule has 16 heavy (non-hydrogen) atoms. The van der Waals surface area contributed by atoms with E-state index in [1.807, 2.05) is 6.07 Å². The maximum atomic E-state index is 3.98. The summed E-state index contributed by atoms with van der Waals surface area (Å²) in [7, 11) is 0. The van der Waals surface area contributed by atoms with Gasteiger partial charge in [0.15, 0.2) is 0 Å². The van der Waals surface area contributed by atoms with Crippen molar-refractivity contribution in [1.29, 1.82) is 0 Å². The Labute approximate surface area is 99.9 Å². The van der Waals surface area contributed by atoms with E-state index in [9.17, 15) is 0 Å². The lowest BCUT2D eigenvalue weighted by Crippen LogP contribution is -2.23. The molecule has 0 radical (unpaired) electrons. The van der Waals surface area contributed by atoms with Gasteiger partial charge >= 0.3 is 0 Å². The van der Waals surface area contributed by atoms with Gasteiger partial charge in [-0.25, -0.2) is 0 Å². The molecule has 2 N–H and O–H groups in total. The predicted octanol–water partition coefficient (Wildman–Crippen LogP) is 3.27. The number of rotatable bonds is 5. The van der Waals surface area contributed by atoms with Crippen LogP contribution in [0.3, 0.4) is 0 Å². The summed E-state index contributed by atoms with van der Waals surface area (Å²) < 4.78 is 0. The first-order valence-corrected chi connectivity index (χ1v) is 6.48. The van der Waals surface area contributed by atoms with Crippen molar-refractivity contribution in [3.8, 4) is 0 Å². The van der Waals surface area contributed by atoms with Crippen LogP contribution in [0.25, 0.3) is 0 Å². The van der Waals surface area contributed by atoms with E-state index in [0.29, 0.717) is 12.1 Å². The number of hydrogen-bond donors (Lipinski definition) is 2. The van der Waals surface area contributed by atoms with E-state index in [2.05, 4.69) is 46.9 Å². The van der Waals surface area contributed by atoms with E-state index >= 15 is 0 Å². The van der Waals surface area contributed by atoms with Gasteiger partial charge in [-0.15, -0.1) is 11.3 Å². The SMILES string of the molecule is CCC(NC(C)c1ccn[nH]1)c1cccs1. The molecule has 0 amide bonds. The van der Waals surface area contributed by atoms with E-state index < -0.39 is 0 Å². The van der Waals surface area contributed by atoms with Crippen LogP contribution in [0, 0.1) is 0 Å². The second-order valence-corrected chi connectivity index (χ2v) is 4.86. The molecule has 0 aliphatic rings.